The van der Waals surface area contributed by atoms with Crippen molar-refractivity contribution >= 4 is 0 Å². The summed E-state index contributed by atoms with van der Waals surface area (Å²) in [5.74, 6) is 0.520. The highest BCUT2D eigenvalue weighted by Crippen LogP contribution is 2.23. The van der Waals surface area contributed by atoms with Gasteiger partial charge in [0.15, 0.2) is 5.76 Å². The second kappa shape index (κ2) is 6.17. The van der Waals surface area contributed by atoms with Crippen LogP contribution in [0, 0.1) is 6.92 Å². The molecule has 21 heavy (non-hydrogen) atoms. The molecule has 0 amide bonds. The lowest BCUT2D eigenvalue weighted by atomic mass is 10.2. The maximum absolute atomic E-state index is 12.0. The lowest BCUT2D eigenvalue weighted by molar-refractivity contribution is -0.274. The van der Waals surface area contributed by atoms with E-state index in [0.29, 0.717) is 13.1 Å². The second-order valence-electron chi connectivity index (χ2n) is 4.80. The van der Waals surface area contributed by atoms with E-state index >= 15 is 0 Å². The molecule has 0 fully saturated rings. The molecule has 0 atom stereocenters. The van der Waals surface area contributed by atoms with Crippen LogP contribution in [-0.4, -0.2) is 23.5 Å². The molecule has 0 spiro atoms. The van der Waals surface area contributed by atoms with Crippen molar-refractivity contribution in [1.82, 2.24) is 10.1 Å². The van der Waals surface area contributed by atoms with Crippen LogP contribution >= 0.6 is 0 Å². The van der Waals surface area contributed by atoms with Gasteiger partial charge in [0, 0.05) is 12.6 Å². The molecule has 4 nitrogen and oxygen atoms in total. The van der Waals surface area contributed by atoms with Crippen LogP contribution in [0.4, 0.5) is 13.2 Å². The van der Waals surface area contributed by atoms with Crippen LogP contribution in [0.3, 0.4) is 0 Å². The molecule has 0 aliphatic carbocycles. The highest BCUT2D eigenvalue weighted by Gasteiger charge is 2.30. The zero-order valence-corrected chi connectivity index (χ0v) is 11.6. The normalized spacial score (nSPS) is 11.9. The number of ether oxygens (including phenoxy) is 1. The number of halogens is 3. The third-order valence-electron chi connectivity index (χ3n) is 2.71. The fraction of sp³-hybridized carbons (Fsp3) is 0.357. The molecule has 0 bridgehead atoms. The van der Waals surface area contributed by atoms with Crippen LogP contribution in [0.25, 0.3) is 0 Å². The molecule has 1 aromatic carbocycles. The predicted octanol–water partition coefficient (Wildman–Crippen LogP) is 3.51. The maximum atomic E-state index is 12.0. The topological polar surface area (TPSA) is 38.5 Å². The second-order valence-corrected chi connectivity index (χ2v) is 4.80. The summed E-state index contributed by atoms with van der Waals surface area (Å²) in [5.41, 5.74) is 1.69. The van der Waals surface area contributed by atoms with Gasteiger partial charge in [0.1, 0.15) is 5.75 Å². The van der Waals surface area contributed by atoms with E-state index in [2.05, 4.69) is 9.89 Å². The van der Waals surface area contributed by atoms with Crippen LogP contribution in [-0.2, 0) is 13.1 Å². The smallest absolute Gasteiger partial charge is 0.406 e. The Labute approximate surface area is 120 Å². The molecular formula is C14H15F3N2O2. The maximum Gasteiger partial charge on any atom is 0.573 e. The summed E-state index contributed by atoms with van der Waals surface area (Å²) in [6.07, 6.45) is -4.66. The molecule has 0 saturated carbocycles. The van der Waals surface area contributed by atoms with E-state index in [4.69, 9.17) is 4.52 Å². The molecule has 2 aromatic rings. The highest BCUT2D eigenvalue weighted by atomic mass is 19.4. The van der Waals surface area contributed by atoms with Gasteiger partial charge in [-0.3, -0.25) is 4.90 Å². The third kappa shape index (κ3) is 5.11. The summed E-state index contributed by atoms with van der Waals surface area (Å²) >= 11 is 0. The summed E-state index contributed by atoms with van der Waals surface area (Å²) in [6, 6.07) is 7.65. The number of aromatic nitrogens is 1. The Morgan fingerprint density at radius 3 is 2.38 bits per heavy atom. The van der Waals surface area contributed by atoms with Crippen LogP contribution < -0.4 is 4.74 Å². The SMILES string of the molecule is Cc1cc(CN(C)Cc2ccc(OC(F)(F)F)cc2)on1. The van der Waals surface area contributed by atoms with E-state index in [1.165, 1.54) is 12.1 Å². The molecule has 7 heteroatoms. The number of aryl methyl sites for hydroxylation is 1. The van der Waals surface area contributed by atoms with Gasteiger partial charge in [0.2, 0.25) is 0 Å². The van der Waals surface area contributed by atoms with Gasteiger partial charge in [0.25, 0.3) is 0 Å². The fourth-order valence-electron chi connectivity index (χ4n) is 1.92. The van der Waals surface area contributed by atoms with Crippen molar-refractivity contribution in [3.63, 3.8) is 0 Å². The van der Waals surface area contributed by atoms with Crippen LogP contribution in [0.2, 0.25) is 0 Å². The fourth-order valence-corrected chi connectivity index (χ4v) is 1.92. The first-order valence-electron chi connectivity index (χ1n) is 6.27. The van der Waals surface area contributed by atoms with Gasteiger partial charge < -0.3 is 9.26 Å². The Balaban J connectivity index is 1.90. The molecule has 0 unspecified atom stereocenters. The van der Waals surface area contributed by atoms with Gasteiger partial charge in [-0.05, 0) is 31.7 Å². The average Bonchev–Trinajstić information content (AvgIpc) is 2.75. The summed E-state index contributed by atoms with van der Waals surface area (Å²) in [4.78, 5) is 1.97. The molecule has 0 aliphatic heterocycles. The Kier molecular flexibility index (Phi) is 4.52. The van der Waals surface area contributed by atoms with E-state index in [0.717, 1.165) is 17.0 Å². The van der Waals surface area contributed by atoms with E-state index in [1.54, 1.807) is 12.1 Å². The Morgan fingerprint density at radius 2 is 1.86 bits per heavy atom. The van der Waals surface area contributed by atoms with Gasteiger partial charge in [-0.15, -0.1) is 13.2 Å². The van der Waals surface area contributed by atoms with E-state index in [1.807, 2.05) is 24.9 Å². The van der Waals surface area contributed by atoms with Crippen molar-refractivity contribution in [3.8, 4) is 5.75 Å². The molecule has 0 saturated heterocycles. The minimum atomic E-state index is -4.66. The molecule has 114 valence electrons. The molecule has 0 N–H and O–H groups in total. The molecule has 1 heterocycles. The Bertz CT molecular complexity index is 579. The van der Waals surface area contributed by atoms with Crippen LogP contribution in [0.15, 0.2) is 34.9 Å². The molecule has 0 aliphatic rings. The minimum Gasteiger partial charge on any atom is -0.406 e. The van der Waals surface area contributed by atoms with Gasteiger partial charge in [-0.1, -0.05) is 17.3 Å². The number of hydrogen-bond acceptors (Lipinski definition) is 4. The average molecular weight is 300 g/mol. The van der Waals surface area contributed by atoms with Crippen LogP contribution in [0.1, 0.15) is 17.0 Å². The first-order valence-corrected chi connectivity index (χ1v) is 6.27. The molecular weight excluding hydrogens is 285 g/mol. The van der Waals surface area contributed by atoms with E-state index in [9.17, 15) is 13.2 Å². The van der Waals surface area contributed by atoms with Crippen molar-refractivity contribution < 1.29 is 22.4 Å². The summed E-state index contributed by atoms with van der Waals surface area (Å²) in [6.45, 7) is 2.99. The minimum absolute atomic E-state index is 0.222. The van der Waals surface area contributed by atoms with E-state index < -0.39 is 6.36 Å². The summed E-state index contributed by atoms with van der Waals surface area (Å²) in [5, 5.41) is 3.80. The lowest BCUT2D eigenvalue weighted by Crippen LogP contribution is -2.18. The van der Waals surface area contributed by atoms with Crippen molar-refractivity contribution in [3.05, 3.63) is 47.3 Å². The van der Waals surface area contributed by atoms with Gasteiger partial charge in [-0.25, -0.2) is 0 Å². The highest BCUT2D eigenvalue weighted by molar-refractivity contribution is 5.27. The third-order valence-corrected chi connectivity index (χ3v) is 2.71. The largest absolute Gasteiger partial charge is 0.573 e. The Hall–Kier alpha value is -2.02. The van der Waals surface area contributed by atoms with Crippen molar-refractivity contribution in [2.75, 3.05) is 7.05 Å². The van der Waals surface area contributed by atoms with Crippen molar-refractivity contribution in [2.45, 2.75) is 26.4 Å². The number of nitrogens with zero attached hydrogens (tertiary/aromatic N) is 2. The molecule has 2 rings (SSSR count). The van der Waals surface area contributed by atoms with Gasteiger partial charge in [0.05, 0.1) is 12.2 Å². The number of rotatable bonds is 5. The lowest BCUT2D eigenvalue weighted by Gasteiger charge is -2.15. The number of benzene rings is 1. The Morgan fingerprint density at radius 1 is 1.19 bits per heavy atom. The molecule has 0 radical (unpaired) electrons. The van der Waals surface area contributed by atoms with Gasteiger partial charge in [-0.2, -0.15) is 0 Å². The van der Waals surface area contributed by atoms with Crippen molar-refractivity contribution in [1.29, 1.82) is 0 Å². The zero-order chi connectivity index (χ0) is 15.5. The van der Waals surface area contributed by atoms with Crippen LogP contribution in [0.5, 0.6) is 5.75 Å². The monoisotopic (exact) mass is 300 g/mol. The van der Waals surface area contributed by atoms with E-state index in [-0.39, 0.29) is 5.75 Å². The quantitative estimate of drug-likeness (QED) is 0.847. The van der Waals surface area contributed by atoms with Gasteiger partial charge >= 0.3 is 6.36 Å². The first kappa shape index (κ1) is 15.4. The zero-order valence-electron chi connectivity index (χ0n) is 11.6. The number of alkyl halides is 3. The first-order chi connectivity index (χ1) is 9.82. The number of hydrogen-bond donors (Lipinski definition) is 0. The predicted molar refractivity (Wildman–Crippen MR) is 69.5 cm³/mol. The molecule has 1 aromatic heterocycles. The summed E-state index contributed by atoms with van der Waals surface area (Å²) < 4.78 is 45.1. The van der Waals surface area contributed by atoms with Crippen molar-refractivity contribution in [2.24, 2.45) is 0 Å². The summed E-state index contributed by atoms with van der Waals surface area (Å²) in [7, 11) is 1.89. The standard InChI is InChI=1S/C14H15F3N2O2/c1-10-7-13(21-18-10)9-19(2)8-11-3-5-12(6-4-11)20-14(15,16)17/h3-7H,8-9H2,1-2H3.